The van der Waals surface area contributed by atoms with Gasteiger partial charge in [-0.15, -0.1) is 11.3 Å². The molecule has 0 N–H and O–H groups in total. The van der Waals surface area contributed by atoms with Crippen molar-refractivity contribution in [1.29, 1.82) is 0 Å². The summed E-state index contributed by atoms with van der Waals surface area (Å²) in [5.41, 5.74) is 0. The Bertz CT molecular complexity index is 565. The maximum Gasteiger partial charge on any atom is 0.263 e. The Labute approximate surface area is 97.2 Å². The van der Waals surface area contributed by atoms with E-state index >= 15 is 0 Å². The summed E-state index contributed by atoms with van der Waals surface area (Å²) >= 11 is 12.0. The zero-order valence-electron chi connectivity index (χ0n) is 6.98. The summed E-state index contributed by atoms with van der Waals surface area (Å²) in [5, 5.41) is -0.375. The van der Waals surface area contributed by atoms with Gasteiger partial charge in [-0.2, -0.15) is 0 Å². The van der Waals surface area contributed by atoms with Crippen LogP contribution in [0.3, 0.4) is 0 Å². The molecule has 1 aromatic carbocycles. The molecule has 0 atom stereocenters. The van der Waals surface area contributed by atoms with E-state index in [-0.39, 0.29) is 9.90 Å². The SMILES string of the molecule is O=C(Cl)c1sc2cc(F)c(F)cc2c1Cl. The summed E-state index contributed by atoms with van der Waals surface area (Å²) in [6.45, 7) is 0. The van der Waals surface area contributed by atoms with Crippen LogP contribution >= 0.6 is 34.5 Å². The Morgan fingerprint density at radius 1 is 1.27 bits per heavy atom. The predicted molar refractivity (Wildman–Crippen MR) is 56.9 cm³/mol. The highest BCUT2D eigenvalue weighted by molar-refractivity contribution is 7.23. The largest absolute Gasteiger partial charge is 0.275 e. The molecule has 0 saturated carbocycles. The molecule has 78 valence electrons. The van der Waals surface area contributed by atoms with E-state index in [1.165, 1.54) is 0 Å². The van der Waals surface area contributed by atoms with Crippen LogP contribution in [0.2, 0.25) is 5.02 Å². The minimum Gasteiger partial charge on any atom is -0.275 e. The quantitative estimate of drug-likeness (QED) is 0.707. The van der Waals surface area contributed by atoms with Gasteiger partial charge in [0.05, 0.1) is 5.02 Å². The van der Waals surface area contributed by atoms with E-state index in [1.54, 1.807) is 0 Å². The maximum atomic E-state index is 12.9. The molecule has 15 heavy (non-hydrogen) atoms. The number of rotatable bonds is 1. The Morgan fingerprint density at radius 2 is 1.87 bits per heavy atom. The van der Waals surface area contributed by atoms with Crippen LogP contribution in [0.1, 0.15) is 9.67 Å². The van der Waals surface area contributed by atoms with Gasteiger partial charge in [-0.25, -0.2) is 8.78 Å². The number of fused-ring (bicyclic) bond motifs is 1. The van der Waals surface area contributed by atoms with Crippen molar-refractivity contribution in [3.8, 4) is 0 Å². The monoisotopic (exact) mass is 266 g/mol. The van der Waals surface area contributed by atoms with Crippen LogP contribution in [0.15, 0.2) is 12.1 Å². The van der Waals surface area contributed by atoms with Gasteiger partial charge in [0.2, 0.25) is 0 Å². The standard InChI is InChI=1S/C9H2Cl2F2OS/c10-7-3-1-4(12)5(13)2-6(3)15-8(7)9(11)14/h1-2H. The molecule has 1 nitrogen and oxygen atoms in total. The maximum absolute atomic E-state index is 12.9. The van der Waals surface area contributed by atoms with Gasteiger partial charge in [-0.1, -0.05) is 11.6 Å². The number of benzene rings is 1. The highest BCUT2D eigenvalue weighted by atomic mass is 35.5. The van der Waals surface area contributed by atoms with Crippen LogP contribution in [0.25, 0.3) is 10.1 Å². The second kappa shape index (κ2) is 3.70. The highest BCUT2D eigenvalue weighted by Crippen LogP contribution is 2.37. The van der Waals surface area contributed by atoms with Crippen molar-refractivity contribution in [3.63, 3.8) is 0 Å². The molecule has 0 amide bonds. The minimum absolute atomic E-state index is 0.0638. The van der Waals surface area contributed by atoms with Crippen molar-refractivity contribution in [2.24, 2.45) is 0 Å². The molecule has 2 rings (SSSR count). The number of carbonyl (C=O) groups is 1. The molecular weight excluding hydrogens is 265 g/mol. The number of hydrogen-bond acceptors (Lipinski definition) is 2. The van der Waals surface area contributed by atoms with Crippen LogP contribution < -0.4 is 0 Å². The molecule has 2 aromatic rings. The van der Waals surface area contributed by atoms with Crippen LogP contribution in [0.4, 0.5) is 8.78 Å². The number of halogens is 4. The van der Waals surface area contributed by atoms with E-state index in [0.29, 0.717) is 10.1 Å². The van der Waals surface area contributed by atoms with Crippen LogP contribution in [-0.4, -0.2) is 5.24 Å². The highest BCUT2D eigenvalue weighted by Gasteiger charge is 2.17. The first-order chi connectivity index (χ1) is 7.00. The molecule has 0 aliphatic heterocycles. The van der Waals surface area contributed by atoms with Gasteiger partial charge in [0.1, 0.15) is 4.88 Å². The third kappa shape index (κ3) is 1.73. The van der Waals surface area contributed by atoms with Gasteiger partial charge >= 0.3 is 0 Å². The topological polar surface area (TPSA) is 17.1 Å². The van der Waals surface area contributed by atoms with Crippen molar-refractivity contribution in [2.45, 2.75) is 0 Å². The Hall–Kier alpha value is -0.710. The third-order valence-corrected chi connectivity index (χ3v) is 3.81. The summed E-state index contributed by atoms with van der Waals surface area (Å²) in [6.07, 6.45) is 0. The molecule has 1 heterocycles. The second-order valence-electron chi connectivity index (χ2n) is 2.78. The van der Waals surface area contributed by atoms with Gasteiger partial charge in [0.15, 0.2) is 11.6 Å². The number of hydrogen-bond donors (Lipinski definition) is 0. The summed E-state index contributed by atoms with van der Waals surface area (Å²) in [5.74, 6) is -1.98. The molecule has 1 aromatic heterocycles. The number of carbonyl (C=O) groups excluding carboxylic acids is 1. The zero-order valence-corrected chi connectivity index (χ0v) is 9.31. The van der Waals surface area contributed by atoms with E-state index < -0.39 is 16.9 Å². The Balaban J connectivity index is 2.83. The molecule has 6 heteroatoms. The van der Waals surface area contributed by atoms with E-state index in [1.807, 2.05) is 0 Å². The molecule has 0 aliphatic carbocycles. The summed E-state index contributed by atoms with van der Waals surface area (Å²) in [4.78, 5) is 11.0. The fraction of sp³-hybridized carbons (Fsp3) is 0. The lowest BCUT2D eigenvalue weighted by Gasteiger charge is -1.93. The molecule has 0 radical (unpaired) electrons. The fourth-order valence-corrected chi connectivity index (χ4v) is 2.79. The van der Waals surface area contributed by atoms with E-state index in [4.69, 9.17) is 23.2 Å². The first-order valence-electron chi connectivity index (χ1n) is 3.77. The molecular formula is C9H2Cl2F2OS. The van der Waals surface area contributed by atoms with Crippen LogP contribution in [0.5, 0.6) is 0 Å². The van der Waals surface area contributed by atoms with Gasteiger partial charge in [0, 0.05) is 10.1 Å². The van der Waals surface area contributed by atoms with Crippen LogP contribution in [0, 0.1) is 11.6 Å². The molecule has 0 saturated heterocycles. The van der Waals surface area contributed by atoms with E-state index in [9.17, 15) is 13.6 Å². The summed E-state index contributed by atoms with van der Waals surface area (Å²) < 4.78 is 26.1. The van der Waals surface area contributed by atoms with E-state index in [0.717, 1.165) is 23.5 Å². The number of thiophene rings is 1. The smallest absolute Gasteiger partial charge is 0.263 e. The summed E-state index contributed by atoms with van der Waals surface area (Å²) in [7, 11) is 0. The lowest BCUT2D eigenvalue weighted by Crippen LogP contribution is -1.83. The van der Waals surface area contributed by atoms with Crippen molar-refractivity contribution < 1.29 is 13.6 Å². The van der Waals surface area contributed by atoms with Crippen molar-refractivity contribution in [1.82, 2.24) is 0 Å². The van der Waals surface area contributed by atoms with Gasteiger partial charge < -0.3 is 0 Å². The minimum atomic E-state index is -1.00. The van der Waals surface area contributed by atoms with Crippen LogP contribution in [-0.2, 0) is 0 Å². The fourth-order valence-electron chi connectivity index (χ4n) is 1.19. The summed E-state index contributed by atoms with van der Waals surface area (Å²) in [6, 6.07) is 1.94. The Morgan fingerprint density at radius 3 is 2.47 bits per heavy atom. The van der Waals surface area contributed by atoms with Gasteiger partial charge in [-0.05, 0) is 23.7 Å². The average molecular weight is 267 g/mol. The zero-order chi connectivity index (χ0) is 11.2. The first-order valence-corrected chi connectivity index (χ1v) is 5.35. The normalized spacial score (nSPS) is 10.9. The van der Waals surface area contributed by atoms with E-state index in [2.05, 4.69) is 0 Å². The van der Waals surface area contributed by atoms with Crippen molar-refractivity contribution in [3.05, 3.63) is 33.7 Å². The molecule has 0 unspecified atom stereocenters. The predicted octanol–water partition coefficient (Wildman–Crippen LogP) is 4.21. The van der Waals surface area contributed by atoms with Crippen molar-refractivity contribution >= 4 is 49.9 Å². The van der Waals surface area contributed by atoms with Crippen molar-refractivity contribution in [2.75, 3.05) is 0 Å². The second-order valence-corrected chi connectivity index (χ2v) is 4.55. The Kier molecular flexibility index (Phi) is 2.66. The lowest BCUT2D eigenvalue weighted by molar-refractivity contribution is 0.108. The molecule has 0 spiro atoms. The lowest BCUT2D eigenvalue weighted by atomic mass is 10.2. The first kappa shape index (κ1) is 10.8. The molecule has 0 fully saturated rings. The van der Waals surface area contributed by atoms with Gasteiger partial charge in [-0.3, -0.25) is 4.79 Å². The third-order valence-electron chi connectivity index (χ3n) is 1.85. The average Bonchev–Trinajstić information content (AvgIpc) is 2.46. The van der Waals surface area contributed by atoms with Gasteiger partial charge in [0.25, 0.3) is 5.24 Å². The molecule has 0 aliphatic rings. The molecule has 0 bridgehead atoms.